The number of rotatable bonds is 1. The minimum atomic E-state index is -3.34. The first-order valence-corrected chi connectivity index (χ1v) is 6.88. The topological polar surface area (TPSA) is 66.5 Å². The predicted molar refractivity (Wildman–Crippen MR) is 56.0 cm³/mol. The lowest BCUT2D eigenvalue weighted by molar-refractivity contribution is -0.125. The molecule has 2 aliphatic rings. The van der Waals surface area contributed by atoms with Crippen molar-refractivity contribution >= 4 is 15.8 Å². The fourth-order valence-electron chi connectivity index (χ4n) is 2.65. The summed E-state index contributed by atoms with van der Waals surface area (Å²) in [6.45, 7) is 3.63. The van der Waals surface area contributed by atoms with Gasteiger partial charge in [-0.2, -0.15) is 4.31 Å². The molecule has 0 unspecified atom stereocenters. The van der Waals surface area contributed by atoms with Gasteiger partial charge in [-0.1, -0.05) is 6.92 Å². The highest BCUT2D eigenvalue weighted by atomic mass is 32.2. The van der Waals surface area contributed by atoms with Crippen molar-refractivity contribution in [2.24, 2.45) is 0 Å². The Balaban J connectivity index is 2.41. The molecule has 2 aliphatic heterocycles. The number of nitrogens with one attached hydrogen (secondary N) is 1. The Hall–Kier alpha value is -0.460. The number of carbonyl (C=O) groups excluding carboxylic acids is 1. The van der Waals surface area contributed by atoms with Crippen LogP contribution in [-0.2, 0) is 14.8 Å². The molecule has 1 N–H and O–H groups in total. The highest BCUT2D eigenvalue weighted by Gasteiger charge is 2.55. The maximum atomic E-state index is 11.9. The summed E-state index contributed by atoms with van der Waals surface area (Å²) in [7, 11) is -3.34. The molecule has 0 atom stereocenters. The van der Waals surface area contributed by atoms with Crippen LogP contribution in [0.1, 0.15) is 19.8 Å². The Morgan fingerprint density at radius 3 is 2.53 bits per heavy atom. The zero-order valence-electron chi connectivity index (χ0n) is 8.82. The molecule has 0 radical (unpaired) electrons. The number of sulfonamides is 1. The molecule has 0 aliphatic carbocycles. The van der Waals surface area contributed by atoms with E-state index in [-0.39, 0.29) is 11.5 Å². The van der Waals surface area contributed by atoms with Crippen LogP contribution in [0.5, 0.6) is 0 Å². The number of hydrogen-bond acceptors (Lipinski definition) is 4. The molecule has 5 nitrogen and oxygen atoms in total. The third-order valence-electron chi connectivity index (χ3n) is 3.36. The Morgan fingerprint density at radius 2 is 2.00 bits per heavy atom. The summed E-state index contributed by atoms with van der Waals surface area (Å²) < 4.78 is 24.9. The SMILES string of the molecule is CCN1C2(CCNCC2)C(=O)CS1(=O)=O. The van der Waals surface area contributed by atoms with Crippen LogP contribution in [0.3, 0.4) is 0 Å². The summed E-state index contributed by atoms with van der Waals surface area (Å²) in [5.41, 5.74) is -0.723. The molecule has 1 spiro atoms. The highest BCUT2D eigenvalue weighted by molar-refractivity contribution is 7.90. The fraction of sp³-hybridized carbons (Fsp3) is 0.889. The van der Waals surface area contributed by atoms with Crippen molar-refractivity contribution in [2.75, 3.05) is 25.4 Å². The quantitative estimate of drug-likeness (QED) is 0.652. The van der Waals surface area contributed by atoms with Crippen molar-refractivity contribution in [3.63, 3.8) is 0 Å². The van der Waals surface area contributed by atoms with E-state index < -0.39 is 15.6 Å². The van der Waals surface area contributed by atoms with Gasteiger partial charge in [0.15, 0.2) is 5.78 Å². The summed E-state index contributed by atoms with van der Waals surface area (Å²) in [5.74, 6) is -0.424. The minimum Gasteiger partial charge on any atom is -0.317 e. The van der Waals surface area contributed by atoms with Crippen molar-refractivity contribution in [3.05, 3.63) is 0 Å². The first-order chi connectivity index (χ1) is 7.03. The van der Waals surface area contributed by atoms with Crippen LogP contribution in [0.4, 0.5) is 0 Å². The van der Waals surface area contributed by atoms with Gasteiger partial charge in [-0.05, 0) is 25.9 Å². The lowest BCUT2D eigenvalue weighted by Gasteiger charge is -2.38. The molecule has 2 fully saturated rings. The maximum absolute atomic E-state index is 11.9. The number of ketones is 1. The zero-order chi connectivity index (χ0) is 11.1. The van der Waals surface area contributed by atoms with E-state index in [9.17, 15) is 13.2 Å². The molecule has 2 saturated heterocycles. The van der Waals surface area contributed by atoms with Crippen molar-refractivity contribution < 1.29 is 13.2 Å². The van der Waals surface area contributed by atoms with Gasteiger partial charge < -0.3 is 5.32 Å². The van der Waals surface area contributed by atoms with Gasteiger partial charge in [0, 0.05) is 6.54 Å². The smallest absolute Gasteiger partial charge is 0.222 e. The lowest BCUT2D eigenvalue weighted by atomic mass is 9.85. The van der Waals surface area contributed by atoms with Crippen LogP contribution in [-0.4, -0.2) is 49.4 Å². The van der Waals surface area contributed by atoms with Crippen LogP contribution in [0.25, 0.3) is 0 Å². The first kappa shape index (κ1) is 11.0. The average molecular weight is 232 g/mol. The maximum Gasteiger partial charge on any atom is 0.222 e. The fourth-order valence-corrected chi connectivity index (χ4v) is 4.62. The lowest BCUT2D eigenvalue weighted by Crippen LogP contribution is -2.55. The number of likely N-dealkylation sites (N-methyl/N-ethyl adjacent to an activating group) is 1. The molecular weight excluding hydrogens is 216 g/mol. The molecule has 0 bridgehead atoms. The van der Waals surface area contributed by atoms with Crippen LogP contribution in [0.15, 0.2) is 0 Å². The second kappa shape index (κ2) is 3.54. The Labute approximate surface area is 89.9 Å². The van der Waals surface area contributed by atoms with Gasteiger partial charge in [0.2, 0.25) is 10.0 Å². The molecule has 6 heteroatoms. The van der Waals surface area contributed by atoms with Crippen LogP contribution in [0, 0.1) is 0 Å². The van der Waals surface area contributed by atoms with Crippen LogP contribution < -0.4 is 5.32 Å². The Morgan fingerprint density at radius 1 is 1.40 bits per heavy atom. The summed E-state index contributed by atoms with van der Waals surface area (Å²) in [6.07, 6.45) is 1.22. The van der Waals surface area contributed by atoms with E-state index in [1.54, 1.807) is 6.92 Å². The van der Waals surface area contributed by atoms with E-state index in [0.717, 1.165) is 13.1 Å². The number of nitrogens with zero attached hydrogens (tertiary/aromatic N) is 1. The van der Waals surface area contributed by atoms with Gasteiger partial charge in [0.05, 0.1) is 5.54 Å². The van der Waals surface area contributed by atoms with E-state index >= 15 is 0 Å². The number of hydrogen-bond donors (Lipinski definition) is 1. The van der Waals surface area contributed by atoms with E-state index in [4.69, 9.17) is 0 Å². The van der Waals surface area contributed by atoms with Gasteiger partial charge in [-0.25, -0.2) is 8.42 Å². The summed E-state index contributed by atoms with van der Waals surface area (Å²) in [4.78, 5) is 11.9. The monoisotopic (exact) mass is 232 g/mol. The molecule has 0 aromatic carbocycles. The third-order valence-corrected chi connectivity index (χ3v) is 5.27. The molecule has 86 valence electrons. The average Bonchev–Trinajstić information content (AvgIpc) is 2.35. The third kappa shape index (κ3) is 1.51. The summed E-state index contributed by atoms with van der Waals surface area (Å²) in [6, 6.07) is 0. The van der Waals surface area contributed by atoms with E-state index in [1.807, 2.05) is 0 Å². The molecule has 2 rings (SSSR count). The highest BCUT2D eigenvalue weighted by Crippen LogP contribution is 2.35. The molecule has 0 amide bonds. The number of Topliss-reactive ketones (excluding diaryl/α,β-unsaturated/α-hetero) is 1. The molecule has 2 heterocycles. The second-order valence-electron chi connectivity index (χ2n) is 4.13. The van der Waals surface area contributed by atoms with E-state index in [1.165, 1.54) is 4.31 Å². The Kier molecular flexibility index (Phi) is 2.60. The normalized spacial score (nSPS) is 29.8. The van der Waals surface area contributed by atoms with Crippen molar-refractivity contribution in [1.82, 2.24) is 9.62 Å². The van der Waals surface area contributed by atoms with Gasteiger partial charge in [-0.3, -0.25) is 4.79 Å². The van der Waals surface area contributed by atoms with Gasteiger partial charge in [0.25, 0.3) is 0 Å². The van der Waals surface area contributed by atoms with Crippen molar-refractivity contribution in [1.29, 1.82) is 0 Å². The van der Waals surface area contributed by atoms with Crippen LogP contribution >= 0.6 is 0 Å². The largest absolute Gasteiger partial charge is 0.317 e. The Bertz CT molecular complexity index is 371. The molecule has 0 aromatic heterocycles. The second-order valence-corrected chi connectivity index (χ2v) is 6.02. The minimum absolute atomic E-state index is 0.120. The number of carbonyl (C=O) groups is 1. The van der Waals surface area contributed by atoms with Crippen LogP contribution in [0.2, 0.25) is 0 Å². The molecular formula is C9H16N2O3S. The molecule has 0 aromatic rings. The first-order valence-electron chi connectivity index (χ1n) is 5.27. The van der Waals surface area contributed by atoms with Crippen molar-refractivity contribution in [2.45, 2.75) is 25.3 Å². The zero-order valence-corrected chi connectivity index (χ0v) is 9.64. The van der Waals surface area contributed by atoms with Gasteiger partial charge in [-0.15, -0.1) is 0 Å². The molecule has 15 heavy (non-hydrogen) atoms. The van der Waals surface area contributed by atoms with Gasteiger partial charge >= 0.3 is 0 Å². The van der Waals surface area contributed by atoms with E-state index in [0.29, 0.717) is 19.4 Å². The summed E-state index contributed by atoms with van der Waals surface area (Å²) >= 11 is 0. The van der Waals surface area contributed by atoms with Crippen molar-refractivity contribution in [3.8, 4) is 0 Å². The van der Waals surface area contributed by atoms with E-state index in [2.05, 4.69) is 5.32 Å². The number of piperidine rings is 1. The standard InChI is InChI=1S/C9H16N2O3S/c1-2-11-9(3-5-10-6-4-9)8(12)7-15(11,13)14/h10H,2-7H2,1H3. The van der Waals surface area contributed by atoms with Gasteiger partial charge in [0.1, 0.15) is 5.75 Å². The summed E-state index contributed by atoms with van der Waals surface area (Å²) in [5, 5.41) is 3.15. The predicted octanol–water partition coefficient (Wildman–Crippen LogP) is -0.657. The molecule has 0 saturated carbocycles.